The van der Waals surface area contributed by atoms with Crippen LogP contribution in [0.15, 0.2) is 24.4 Å². The van der Waals surface area contributed by atoms with Crippen molar-refractivity contribution in [1.82, 2.24) is 20.4 Å². The summed E-state index contributed by atoms with van der Waals surface area (Å²) in [6.45, 7) is 2.94. The third-order valence-electron chi connectivity index (χ3n) is 5.51. The van der Waals surface area contributed by atoms with Crippen molar-refractivity contribution in [1.29, 1.82) is 0 Å². The summed E-state index contributed by atoms with van der Waals surface area (Å²) < 4.78 is 0. The number of unbranched alkanes of at least 4 members (excludes halogenated alkanes) is 3. The second-order valence-electron chi connectivity index (χ2n) is 7.80. The first kappa shape index (κ1) is 24.1. The van der Waals surface area contributed by atoms with E-state index in [4.69, 9.17) is 29.6 Å². The number of rotatable bonds is 9. The SMILES string of the molecule is C#CCCCCCN1CCC(NC(=O)c2n[nH]cc2NC(=O)c2c(Cl)cccc2Cl)CC1. The van der Waals surface area contributed by atoms with Gasteiger partial charge in [-0.1, -0.05) is 35.7 Å². The first-order valence-corrected chi connectivity index (χ1v) is 11.5. The number of hydrogen-bond acceptors (Lipinski definition) is 4. The van der Waals surface area contributed by atoms with Crippen molar-refractivity contribution in [3.05, 3.63) is 45.7 Å². The summed E-state index contributed by atoms with van der Waals surface area (Å²) in [4.78, 5) is 27.8. The van der Waals surface area contributed by atoms with Gasteiger partial charge < -0.3 is 15.5 Å². The molecule has 1 aliphatic rings. The van der Waals surface area contributed by atoms with Gasteiger partial charge in [-0.3, -0.25) is 14.7 Å². The Bertz CT molecular complexity index is 957. The molecule has 0 bridgehead atoms. The van der Waals surface area contributed by atoms with Crippen LogP contribution < -0.4 is 10.6 Å². The minimum absolute atomic E-state index is 0.0680. The molecule has 2 heterocycles. The molecule has 3 rings (SSSR count). The zero-order valence-electron chi connectivity index (χ0n) is 17.8. The highest BCUT2D eigenvalue weighted by molar-refractivity contribution is 6.40. The topological polar surface area (TPSA) is 90.1 Å². The van der Waals surface area contributed by atoms with E-state index in [1.54, 1.807) is 18.2 Å². The maximum Gasteiger partial charge on any atom is 0.274 e. The monoisotopic (exact) mass is 475 g/mol. The molecule has 170 valence electrons. The van der Waals surface area contributed by atoms with Crippen molar-refractivity contribution in [2.24, 2.45) is 0 Å². The lowest BCUT2D eigenvalue weighted by molar-refractivity contribution is 0.0906. The summed E-state index contributed by atoms with van der Waals surface area (Å²) in [6, 6.07) is 4.88. The van der Waals surface area contributed by atoms with E-state index in [1.807, 2.05) is 0 Å². The van der Waals surface area contributed by atoms with Crippen LogP contribution in [0.4, 0.5) is 5.69 Å². The molecule has 0 saturated carbocycles. The Labute approximate surface area is 198 Å². The predicted octanol–water partition coefficient (Wildman–Crippen LogP) is 4.36. The van der Waals surface area contributed by atoms with Crippen LogP contribution in [0.3, 0.4) is 0 Å². The summed E-state index contributed by atoms with van der Waals surface area (Å²) in [5.74, 6) is 1.83. The van der Waals surface area contributed by atoms with Crippen LogP contribution in [0.1, 0.15) is 59.4 Å². The maximum absolute atomic E-state index is 12.8. The molecule has 1 aliphatic heterocycles. The number of terminal acetylenes is 1. The summed E-state index contributed by atoms with van der Waals surface area (Å²) >= 11 is 12.2. The average Bonchev–Trinajstić information content (AvgIpc) is 3.23. The highest BCUT2D eigenvalue weighted by Crippen LogP contribution is 2.26. The van der Waals surface area contributed by atoms with E-state index in [1.165, 1.54) is 6.20 Å². The summed E-state index contributed by atoms with van der Waals surface area (Å²) in [5.41, 5.74) is 0.542. The molecule has 3 N–H and O–H groups in total. The zero-order valence-corrected chi connectivity index (χ0v) is 19.3. The Morgan fingerprint density at radius 1 is 1.16 bits per heavy atom. The number of piperidine rings is 1. The van der Waals surface area contributed by atoms with E-state index in [2.05, 4.69) is 31.7 Å². The molecule has 0 atom stereocenters. The van der Waals surface area contributed by atoms with Crippen LogP contribution in [-0.2, 0) is 0 Å². The van der Waals surface area contributed by atoms with Crippen LogP contribution in [0.5, 0.6) is 0 Å². The van der Waals surface area contributed by atoms with Gasteiger partial charge in [-0.05, 0) is 44.4 Å². The van der Waals surface area contributed by atoms with Gasteiger partial charge in [0, 0.05) is 31.7 Å². The van der Waals surface area contributed by atoms with Gasteiger partial charge in [0.1, 0.15) is 0 Å². The molecule has 9 heteroatoms. The Hall–Kier alpha value is -2.53. The highest BCUT2D eigenvalue weighted by Gasteiger charge is 2.24. The number of aromatic nitrogens is 2. The van der Waals surface area contributed by atoms with Crippen molar-refractivity contribution >= 4 is 40.7 Å². The lowest BCUT2D eigenvalue weighted by Gasteiger charge is -2.32. The highest BCUT2D eigenvalue weighted by atomic mass is 35.5. The fraction of sp³-hybridized carbons (Fsp3) is 0.435. The number of carbonyl (C=O) groups is 2. The lowest BCUT2D eigenvalue weighted by atomic mass is 10.0. The molecule has 1 aromatic heterocycles. The van der Waals surface area contributed by atoms with Crippen LogP contribution in [0.2, 0.25) is 10.0 Å². The molecule has 2 aromatic rings. The Morgan fingerprint density at radius 2 is 1.88 bits per heavy atom. The quantitative estimate of drug-likeness (QED) is 0.371. The number of benzene rings is 1. The first-order valence-electron chi connectivity index (χ1n) is 10.8. The van der Waals surface area contributed by atoms with Gasteiger partial charge in [-0.2, -0.15) is 5.10 Å². The fourth-order valence-corrected chi connectivity index (χ4v) is 4.32. The van der Waals surface area contributed by atoms with Crippen LogP contribution >= 0.6 is 23.2 Å². The molecule has 0 spiro atoms. The standard InChI is InChI=1S/C23H27Cl2N5O2/c1-2-3-4-5-6-12-30-13-10-16(11-14-30)27-23(32)21-19(15-26-29-21)28-22(31)20-17(24)8-7-9-18(20)25/h1,7-9,15-16H,3-6,10-14H2,(H,26,29)(H,27,32)(H,28,31). The molecule has 0 radical (unpaired) electrons. The molecule has 32 heavy (non-hydrogen) atoms. The van der Waals surface area contributed by atoms with Crippen molar-refractivity contribution in [2.45, 2.75) is 44.6 Å². The predicted molar refractivity (Wildman–Crippen MR) is 127 cm³/mol. The molecule has 0 aliphatic carbocycles. The second kappa shape index (κ2) is 11.9. The molecule has 1 saturated heterocycles. The van der Waals surface area contributed by atoms with E-state index in [0.717, 1.165) is 58.2 Å². The molecule has 1 aromatic carbocycles. The van der Waals surface area contributed by atoms with Gasteiger partial charge in [0.15, 0.2) is 5.69 Å². The number of H-pyrrole nitrogens is 1. The molecule has 1 fully saturated rings. The van der Waals surface area contributed by atoms with Crippen LogP contribution in [0.25, 0.3) is 0 Å². The van der Waals surface area contributed by atoms with E-state index in [9.17, 15) is 9.59 Å². The van der Waals surface area contributed by atoms with E-state index >= 15 is 0 Å². The van der Waals surface area contributed by atoms with Crippen molar-refractivity contribution in [3.8, 4) is 12.3 Å². The third-order valence-corrected chi connectivity index (χ3v) is 6.14. The summed E-state index contributed by atoms with van der Waals surface area (Å²) in [5, 5.41) is 12.8. The van der Waals surface area contributed by atoms with Gasteiger partial charge >= 0.3 is 0 Å². The summed E-state index contributed by atoms with van der Waals surface area (Å²) in [7, 11) is 0. The average molecular weight is 476 g/mol. The number of likely N-dealkylation sites (tertiary alicyclic amines) is 1. The van der Waals surface area contributed by atoms with E-state index in [-0.39, 0.29) is 38.9 Å². The minimum atomic E-state index is -0.508. The van der Waals surface area contributed by atoms with Gasteiger partial charge in [-0.25, -0.2) is 0 Å². The number of amides is 2. The Balaban J connectivity index is 1.50. The number of nitrogens with zero attached hydrogens (tertiary/aromatic N) is 2. The fourth-order valence-electron chi connectivity index (χ4n) is 3.75. The maximum atomic E-state index is 12.8. The van der Waals surface area contributed by atoms with Crippen molar-refractivity contribution in [2.75, 3.05) is 25.0 Å². The van der Waals surface area contributed by atoms with Crippen LogP contribution in [0, 0.1) is 12.3 Å². The van der Waals surface area contributed by atoms with Gasteiger partial charge in [0.2, 0.25) is 0 Å². The normalized spacial score (nSPS) is 14.7. The minimum Gasteiger partial charge on any atom is -0.348 e. The van der Waals surface area contributed by atoms with Gasteiger partial charge in [0.05, 0.1) is 21.3 Å². The molecular formula is C23H27Cl2N5O2. The Kier molecular flexibility index (Phi) is 8.98. The first-order chi connectivity index (χ1) is 15.5. The van der Waals surface area contributed by atoms with Crippen molar-refractivity contribution in [3.63, 3.8) is 0 Å². The number of hydrogen-bond donors (Lipinski definition) is 3. The number of carbonyl (C=O) groups excluding carboxylic acids is 2. The molecule has 0 unspecified atom stereocenters. The number of anilines is 1. The molecular weight excluding hydrogens is 449 g/mol. The number of nitrogens with one attached hydrogen (secondary N) is 3. The van der Waals surface area contributed by atoms with E-state index < -0.39 is 5.91 Å². The third kappa shape index (κ3) is 6.49. The number of halogens is 2. The largest absolute Gasteiger partial charge is 0.348 e. The van der Waals surface area contributed by atoms with E-state index in [0.29, 0.717) is 0 Å². The van der Waals surface area contributed by atoms with Crippen LogP contribution in [-0.4, -0.2) is 52.6 Å². The Morgan fingerprint density at radius 3 is 2.56 bits per heavy atom. The second-order valence-corrected chi connectivity index (χ2v) is 8.62. The van der Waals surface area contributed by atoms with Crippen molar-refractivity contribution < 1.29 is 9.59 Å². The van der Waals surface area contributed by atoms with Gasteiger partial charge in [0.25, 0.3) is 11.8 Å². The molecule has 2 amide bonds. The lowest BCUT2D eigenvalue weighted by Crippen LogP contribution is -2.45. The zero-order chi connectivity index (χ0) is 22.9. The molecule has 7 nitrogen and oxygen atoms in total. The summed E-state index contributed by atoms with van der Waals surface area (Å²) in [6.07, 6.45) is 12.7. The van der Waals surface area contributed by atoms with Gasteiger partial charge in [-0.15, -0.1) is 12.3 Å². The number of aromatic amines is 1. The smallest absolute Gasteiger partial charge is 0.274 e.